The van der Waals surface area contributed by atoms with Crippen molar-refractivity contribution in [1.82, 2.24) is 5.32 Å². The fourth-order valence-electron chi connectivity index (χ4n) is 2.71. The van der Waals surface area contributed by atoms with Crippen molar-refractivity contribution in [1.29, 1.82) is 0 Å². The van der Waals surface area contributed by atoms with Gasteiger partial charge in [0.15, 0.2) is 18.1 Å². The Kier molecular flexibility index (Phi) is 7.83. The normalized spacial score (nSPS) is 11.8. The number of amides is 1. The summed E-state index contributed by atoms with van der Waals surface area (Å²) in [6.07, 6.45) is 2.85. The second-order valence-electron chi connectivity index (χ2n) is 6.69. The van der Waals surface area contributed by atoms with Crippen molar-refractivity contribution >= 4 is 18.0 Å². The van der Waals surface area contributed by atoms with Crippen LogP contribution in [0.15, 0.2) is 42.5 Å². The summed E-state index contributed by atoms with van der Waals surface area (Å²) in [6, 6.07) is 11.1. The third-order valence-corrected chi connectivity index (χ3v) is 4.57. The minimum absolute atomic E-state index is 0.178. The smallest absolute Gasteiger partial charge is 0.331 e. The molecule has 2 aromatic rings. The highest BCUT2D eigenvalue weighted by molar-refractivity contribution is 5.89. The Labute approximate surface area is 171 Å². The molecule has 1 N–H and O–H groups in total. The number of rotatable bonds is 8. The van der Waals surface area contributed by atoms with Crippen LogP contribution in [0.5, 0.6) is 11.5 Å². The second-order valence-corrected chi connectivity index (χ2v) is 6.69. The standard InChI is InChI=1S/C23H27NO5/c1-15-6-9-19(12-16(15)2)17(3)24-22(25)14-29-23(26)11-8-18-7-10-20(27-4)21(13-18)28-5/h6-13,17H,14H2,1-5H3,(H,24,25)/b11-8+/t17-/m1/s1. The first-order chi connectivity index (χ1) is 13.8. The van der Waals surface area contributed by atoms with Crippen LogP contribution < -0.4 is 14.8 Å². The van der Waals surface area contributed by atoms with Crippen molar-refractivity contribution in [3.05, 3.63) is 64.7 Å². The maximum atomic E-state index is 12.1. The van der Waals surface area contributed by atoms with Crippen molar-refractivity contribution in [3.8, 4) is 11.5 Å². The Morgan fingerprint density at radius 2 is 1.72 bits per heavy atom. The Morgan fingerprint density at radius 1 is 1.00 bits per heavy atom. The summed E-state index contributed by atoms with van der Waals surface area (Å²) in [5.74, 6) is 0.196. The maximum Gasteiger partial charge on any atom is 0.331 e. The predicted molar refractivity (Wildman–Crippen MR) is 112 cm³/mol. The van der Waals surface area contributed by atoms with Crippen molar-refractivity contribution < 1.29 is 23.8 Å². The molecular weight excluding hydrogens is 370 g/mol. The van der Waals surface area contributed by atoms with Crippen LogP contribution in [-0.4, -0.2) is 32.7 Å². The monoisotopic (exact) mass is 397 g/mol. The summed E-state index contributed by atoms with van der Waals surface area (Å²) in [6.45, 7) is 5.61. The zero-order valence-electron chi connectivity index (χ0n) is 17.4. The molecule has 0 aliphatic carbocycles. The third-order valence-electron chi connectivity index (χ3n) is 4.57. The number of esters is 1. The van der Waals surface area contributed by atoms with E-state index in [-0.39, 0.29) is 18.6 Å². The van der Waals surface area contributed by atoms with E-state index in [2.05, 4.69) is 5.32 Å². The molecule has 1 amide bonds. The highest BCUT2D eigenvalue weighted by atomic mass is 16.5. The van der Waals surface area contributed by atoms with E-state index >= 15 is 0 Å². The molecule has 0 aliphatic rings. The highest BCUT2D eigenvalue weighted by Gasteiger charge is 2.12. The molecule has 0 saturated carbocycles. The SMILES string of the molecule is COc1ccc(/C=C/C(=O)OCC(=O)N[C@H](C)c2ccc(C)c(C)c2)cc1OC. The topological polar surface area (TPSA) is 73.9 Å². The molecule has 0 spiro atoms. The Bertz CT molecular complexity index is 904. The first-order valence-electron chi connectivity index (χ1n) is 9.27. The summed E-state index contributed by atoms with van der Waals surface area (Å²) in [4.78, 5) is 24.0. The number of aryl methyl sites for hydroxylation is 2. The molecule has 0 bridgehead atoms. The van der Waals surface area contributed by atoms with Gasteiger partial charge in [-0.05, 0) is 61.2 Å². The number of hydrogen-bond acceptors (Lipinski definition) is 5. The molecule has 2 rings (SSSR count). The first kappa shape index (κ1) is 22.0. The molecule has 0 fully saturated rings. The Morgan fingerprint density at radius 3 is 2.38 bits per heavy atom. The fraction of sp³-hybridized carbons (Fsp3) is 0.304. The van der Waals surface area contributed by atoms with Gasteiger partial charge in [0.05, 0.1) is 20.3 Å². The Balaban J connectivity index is 1.85. The largest absolute Gasteiger partial charge is 0.493 e. The molecule has 0 aliphatic heterocycles. The van der Waals surface area contributed by atoms with Gasteiger partial charge in [-0.3, -0.25) is 4.79 Å². The molecule has 0 heterocycles. The molecule has 29 heavy (non-hydrogen) atoms. The number of nitrogens with one attached hydrogen (secondary N) is 1. The van der Waals surface area contributed by atoms with E-state index in [4.69, 9.17) is 14.2 Å². The molecule has 0 aromatic heterocycles. The molecule has 0 unspecified atom stereocenters. The van der Waals surface area contributed by atoms with E-state index in [1.165, 1.54) is 18.7 Å². The molecule has 1 atom stereocenters. The lowest BCUT2D eigenvalue weighted by Gasteiger charge is -2.15. The number of benzene rings is 2. The zero-order chi connectivity index (χ0) is 21.4. The van der Waals surface area contributed by atoms with E-state index in [0.717, 1.165) is 16.7 Å². The number of ether oxygens (including phenoxy) is 3. The lowest BCUT2D eigenvalue weighted by molar-refractivity contribution is -0.144. The maximum absolute atomic E-state index is 12.1. The van der Waals surface area contributed by atoms with Gasteiger partial charge in [0, 0.05) is 6.08 Å². The van der Waals surface area contributed by atoms with Crippen LogP contribution in [-0.2, 0) is 14.3 Å². The van der Waals surface area contributed by atoms with Gasteiger partial charge < -0.3 is 19.5 Å². The highest BCUT2D eigenvalue weighted by Crippen LogP contribution is 2.27. The number of methoxy groups -OCH3 is 2. The average Bonchev–Trinajstić information content (AvgIpc) is 2.72. The van der Waals surface area contributed by atoms with Crippen LogP contribution in [0.2, 0.25) is 0 Å². The second kappa shape index (κ2) is 10.3. The van der Waals surface area contributed by atoms with E-state index < -0.39 is 5.97 Å². The van der Waals surface area contributed by atoms with E-state index in [0.29, 0.717) is 11.5 Å². The summed E-state index contributed by atoms with van der Waals surface area (Å²) < 4.78 is 15.4. The van der Waals surface area contributed by atoms with Crippen LogP contribution in [0, 0.1) is 13.8 Å². The van der Waals surface area contributed by atoms with Gasteiger partial charge >= 0.3 is 5.97 Å². The van der Waals surface area contributed by atoms with Crippen molar-refractivity contribution in [2.75, 3.05) is 20.8 Å². The fourth-order valence-corrected chi connectivity index (χ4v) is 2.71. The summed E-state index contributed by atoms with van der Waals surface area (Å²) >= 11 is 0. The summed E-state index contributed by atoms with van der Waals surface area (Å²) in [5, 5.41) is 2.83. The number of carbonyl (C=O) groups is 2. The molecule has 6 heteroatoms. The van der Waals surface area contributed by atoms with E-state index in [1.54, 1.807) is 31.4 Å². The molecule has 2 aromatic carbocycles. The van der Waals surface area contributed by atoms with Gasteiger partial charge in [-0.2, -0.15) is 0 Å². The van der Waals surface area contributed by atoms with Crippen LogP contribution >= 0.6 is 0 Å². The van der Waals surface area contributed by atoms with E-state index in [1.807, 2.05) is 39.0 Å². The van der Waals surface area contributed by atoms with Crippen molar-refractivity contribution in [2.24, 2.45) is 0 Å². The molecular formula is C23H27NO5. The molecule has 154 valence electrons. The van der Waals surface area contributed by atoms with Gasteiger partial charge in [-0.1, -0.05) is 24.3 Å². The number of carbonyl (C=O) groups excluding carboxylic acids is 2. The van der Waals surface area contributed by atoms with Gasteiger partial charge in [0.1, 0.15) is 0 Å². The summed E-state index contributed by atoms with van der Waals surface area (Å²) in [7, 11) is 3.09. The van der Waals surface area contributed by atoms with Crippen LogP contribution in [0.1, 0.15) is 35.2 Å². The molecule has 6 nitrogen and oxygen atoms in total. The lowest BCUT2D eigenvalue weighted by atomic mass is 10.0. The van der Waals surface area contributed by atoms with Crippen molar-refractivity contribution in [3.63, 3.8) is 0 Å². The third kappa shape index (κ3) is 6.38. The average molecular weight is 397 g/mol. The van der Waals surface area contributed by atoms with Crippen LogP contribution in [0.4, 0.5) is 0 Å². The summed E-state index contributed by atoms with van der Waals surface area (Å²) in [5.41, 5.74) is 4.10. The minimum atomic E-state index is -0.603. The van der Waals surface area contributed by atoms with Gasteiger partial charge in [-0.15, -0.1) is 0 Å². The molecule has 0 saturated heterocycles. The number of hydrogen-bond donors (Lipinski definition) is 1. The Hall–Kier alpha value is -3.28. The quantitative estimate of drug-likeness (QED) is 0.542. The van der Waals surface area contributed by atoms with Crippen molar-refractivity contribution in [2.45, 2.75) is 26.8 Å². The van der Waals surface area contributed by atoms with Gasteiger partial charge in [-0.25, -0.2) is 4.79 Å². The van der Waals surface area contributed by atoms with Crippen LogP contribution in [0.25, 0.3) is 6.08 Å². The lowest BCUT2D eigenvalue weighted by Crippen LogP contribution is -2.31. The minimum Gasteiger partial charge on any atom is -0.493 e. The van der Waals surface area contributed by atoms with E-state index in [9.17, 15) is 9.59 Å². The zero-order valence-corrected chi connectivity index (χ0v) is 17.4. The predicted octanol–water partition coefficient (Wildman–Crippen LogP) is 3.75. The van der Waals surface area contributed by atoms with Gasteiger partial charge in [0.2, 0.25) is 0 Å². The first-order valence-corrected chi connectivity index (χ1v) is 9.27. The molecule has 0 radical (unpaired) electrons. The van der Waals surface area contributed by atoms with Crippen LogP contribution in [0.3, 0.4) is 0 Å². The van der Waals surface area contributed by atoms with Gasteiger partial charge in [0.25, 0.3) is 5.91 Å².